The minimum Gasteiger partial charge on any atom is -0.348 e. The number of hydrogen-bond acceptors (Lipinski definition) is 5. The van der Waals surface area contributed by atoms with Gasteiger partial charge in [-0.25, -0.2) is 0 Å². The summed E-state index contributed by atoms with van der Waals surface area (Å²) in [5.74, 6) is -0.634. The van der Waals surface area contributed by atoms with E-state index in [-0.39, 0.29) is 11.5 Å². The molecule has 1 atom stereocenters. The molecule has 1 fully saturated rings. The van der Waals surface area contributed by atoms with Crippen LogP contribution in [0, 0.1) is 6.92 Å². The number of ether oxygens (including phenoxy) is 2. The summed E-state index contributed by atoms with van der Waals surface area (Å²) in [6.07, 6.45) is 0.446. The van der Waals surface area contributed by atoms with Gasteiger partial charge >= 0.3 is 0 Å². The van der Waals surface area contributed by atoms with Gasteiger partial charge in [-0.15, -0.1) is 0 Å². The van der Waals surface area contributed by atoms with Gasteiger partial charge in [0.05, 0.1) is 23.7 Å². The van der Waals surface area contributed by atoms with Gasteiger partial charge in [0.25, 0.3) is 10.1 Å². The fourth-order valence-corrected chi connectivity index (χ4v) is 3.15. The third-order valence-corrected chi connectivity index (χ3v) is 4.72. The van der Waals surface area contributed by atoms with E-state index in [1.54, 1.807) is 24.3 Å². The van der Waals surface area contributed by atoms with Crippen molar-refractivity contribution in [3.63, 3.8) is 0 Å². The maximum atomic E-state index is 12.1. The molecule has 0 spiro atoms. The first-order chi connectivity index (χ1) is 9.62. The Kier molecular flexibility index (Phi) is 4.44. The van der Waals surface area contributed by atoms with Gasteiger partial charge in [-0.1, -0.05) is 17.7 Å². The van der Waals surface area contributed by atoms with Crippen LogP contribution in [0.5, 0.6) is 0 Å². The van der Waals surface area contributed by atoms with Crippen molar-refractivity contribution in [2.75, 3.05) is 13.2 Å². The summed E-state index contributed by atoms with van der Waals surface area (Å²) < 4.78 is 40.5. The molecule has 2 rings (SSSR count). The summed E-state index contributed by atoms with van der Waals surface area (Å²) in [6, 6.07) is 6.58. The molecule has 1 unspecified atom stereocenters. The predicted octanol–water partition coefficient (Wildman–Crippen LogP) is 2.63. The number of benzene rings is 1. The third kappa shape index (κ3) is 4.26. The van der Waals surface area contributed by atoms with Crippen LogP contribution in [-0.2, 0) is 23.8 Å². The molecule has 0 saturated carbocycles. The zero-order valence-corrected chi connectivity index (χ0v) is 13.7. The first kappa shape index (κ1) is 16.4. The highest BCUT2D eigenvalue weighted by molar-refractivity contribution is 7.86. The van der Waals surface area contributed by atoms with Gasteiger partial charge in [0.2, 0.25) is 0 Å². The van der Waals surface area contributed by atoms with Gasteiger partial charge in [0, 0.05) is 6.42 Å². The van der Waals surface area contributed by atoms with Crippen LogP contribution in [0.3, 0.4) is 0 Å². The Balaban J connectivity index is 1.92. The molecule has 0 N–H and O–H groups in total. The molecular weight excluding hydrogens is 292 g/mol. The summed E-state index contributed by atoms with van der Waals surface area (Å²) in [6.45, 7) is 7.95. The molecule has 0 radical (unpaired) electrons. The zero-order chi connectivity index (χ0) is 15.7. The Bertz CT molecular complexity index is 591. The quantitative estimate of drug-likeness (QED) is 0.782. The Morgan fingerprint density at radius 3 is 2.33 bits per heavy atom. The van der Waals surface area contributed by atoms with Crippen LogP contribution in [0.25, 0.3) is 0 Å². The van der Waals surface area contributed by atoms with Crippen molar-refractivity contribution in [1.29, 1.82) is 0 Å². The molecular formula is C15H22O5S. The molecule has 0 amide bonds. The van der Waals surface area contributed by atoms with Crippen LogP contribution >= 0.6 is 0 Å². The molecule has 1 aromatic carbocycles. The van der Waals surface area contributed by atoms with E-state index in [0.717, 1.165) is 5.56 Å². The number of hydrogen-bond donors (Lipinski definition) is 0. The minimum atomic E-state index is -3.72. The van der Waals surface area contributed by atoms with E-state index in [1.807, 2.05) is 27.7 Å². The summed E-state index contributed by atoms with van der Waals surface area (Å²) in [7, 11) is -3.72. The average molecular weight is 314 g/mol. The van der Waals surface area contributed by atoms with E-state index >= 15 is 0 Å². The van der Waals surface area contributed by atoms with Crippen molar-refractivity contribution in [1.82, 2.24) is 0 Å². The Morgan fingerprint density at radius 1 is 1.19 bits per heavy atom. The first-order valence-corrected chi connectivity index (χ1v) is 8.33. The van der Waals surface area contributed by atoms with E-state index in [4.69, 9.17) is 13.7 Å². The van der Waals surface area contributed by atoms with Gasteiger partial charge in [-0.05, 0) is 39.8 Å². The highest BCUT2D eigenvalue weighted by Gasteiger charge is 2.41. The Hall–Kier alpha value is -0.950. The minimum absolute atomic E-state index is 0.0617. The molecule has 1 aliphatic heterocycles. The predicted molar refractivity (Wildman–Crippen MR) is 78.5 cm³/mol. The van der Waals surface area contributed by atoms with Crippen molar-refractivity contribution in [2.45, 2.75) is 50.4 Å². The SMILES string of the molecule is Cc1ccc(S(=O)(=O)OCCC2(C)COC(C)(C)O2)cc1. The fourth-order valence-electron chi connectivity index (χ4n) is 2.24. The lowest BCUT2D eigenvalue weighted by Gasteiger charge is -2.24. The zero-order valence-electron chi connectivity index (χ0n) is 12.9. The molecule has 0 aromatic heterocycles. The van der Waals surface area contributed by atoms with Crippen LogP contribution in [-0.4, -0.2) is 33.0 Å². The van der Waals surface area contributed by atoms with E-state index in [2.05, 4.69) is 0 Å². The van der Waals surface area contributed by atoms with Crippen molar-refractivity contribution in [3.05, 3.63) is 29.8 Å². The van der Waals surface area contributed by atoms with E-state index in [0.29, 0.717) is 13.0 Å². The lowest BCUT2D eigenvalue weighted by molar-refractivity contribution is -0.159. The van der Waals surface area contributed by atoms with Crippen LogP contribution in [0.2, 0.25) is 0 Å². The summed E-state index contributed by atoms with van der Waals surface area (Å²) in [5.41, 5.74) is 0.479. The van der Waals surface area contributed by atoms with Crippen molar-refractivity contribution >= 4 is 10.1 Å². The fraction of sp³-hybridized carbons (Fsp3) is 0.600. The van der Waals surface area contributed by atoms with E-state index < -0.39 is 21.5 Å². The lowest BCUT2D eigenvalue weighted by atomic mass is 10.1. The first-order valence-electron chi connectivity index (χ1n) is 6.92. The molecule has 1 saturated heterocycles. The normalized spacial score (nSPS) is 25.1. The standard InChI is InChI=1S/C15H22O5S/c1-12-5-7-13(8-6-12)21(16,17)19-10-9-15(4)11-18-14(2,3)20-15/h5-8H,9-11H2,1-4H3. The van der Waals surface area contributed by atoms with Gasteiger partial charge in [0.15, 0.2) is 5.79 Å². The molecule has 1 aromatic rings. The lowest BCUT2D eigenvalue weighted by Crippen LogP contribution is -2.32. The van der Waals surface area contributed by atoms with Gasteiger partial charge in [-0.2, -0.15) is 8.42 Å². The van der Waals surface area contributed by atoms with Gasteiger partial charge in [0.1, 0.15) is 0 Å². The second-order valence-corrected chi connectivity index (χ2v) is 7.69. The number of aryl methyl sites for hydroxylation is 1. The smallest absolute Gasteiger partial charge is 0.296 e. The molecule has 0 aliphatic carbocycles. The van der Waals surface area contributed by atoms with Gasteiger partial charge in [-0.3, -0.25) is 4.18 Å². The van der Waals surface area contributed by atoms with Crippen LogP contribution in [0.15, 0.2) is 29.2 Å². The topological polar surface area (TPSA) is 61.8 Å². The second-order valence-electron chi connectivity index (χ2n) is 6.08. The number of rotatable bonds is 5. The maximum Gasteiger partial charge on any atom is 0.296 e. The molecule has 1 heterocycles. The van der Waals surface area contributed by atoms with Crippen molar-refractivity contribution in [2.24, 2.45) is 0 Å². The van der Waals surface area contributed by atoms with Crippen LogP contribution in [0.1, 0.15) is 32.8 Å². The molecule has 1 aliphatic rings. The third-order valence-electron chi connectivity index (χ3n) is 3.40. The van der Waals surface area contributed by atoms with Crippen LogP contribution in [0.4, 0.5) is 0 Å². The van der Waals surface area contributed by atoms with Crippen LogP contribution < -0.4 is 0 Å². The molecule has 21 heavy (non-hydrogen) atoms. The summed E-state index contributed by atoms with van der Waals surface area (Å²) in [4.78, 5) is 0.169. The Morgan fingerprint density at radius 2 is 1.81 bits per heavy atom. The average Bonchev–Trinajstić information content (AvgIpc) is 2.64. The highest BCUT2D eigenvalue weighted by atomic mass is 32.2. The highest BCUT2D eigenvalue weighted by Crippen LogP contribution is 2.33. The maximum absolute atomic E-state index is 12.1. The molecule has 6 heteroatoms. The van der Waals surface area contributed by atoms with Crippen molar-refractivity contribution in [3.8, 4) is 0 Å². The largest absolute Gasteiger partial charge is 0.348 e. The molecule has 0 bridgehead atoms. The van der Waals surface area contributed by atoms with Crippen molar-refractivity contribution < 1.29 is 22.1 Å². The summed E-state index contributed by atoms with van der Waals surface area (Å²) in [5, 5.41) is 0. The monoisotopic (exact) mass is 314 g/mol. The summed E-state index contributed by atoms with van der Waals surface area (Å²) >= 11 is 0. The molecule has 5 nitrogen and oxygen atoms in total. The Labute approximate surface area is 126 Å². The van der Waals surface area contributed by atoms with E-state index in [9.17, 15) is 8.42 Å². The van der Waals surface area contributed by atoms with Gasteiger partial charge < -0.3 is 9.47 Å². The molecule has 118 valence electrons. The van der Waals surface area contributed by atoms with E-state index in [1.165, 1.54) is 0 Å². The second kappa shape index (κ2) is 5.68.